The Hall–Kier alpha value is -3.66. The number of rotatable bonds is 8. The highest BCUT2D eigenvalue weighted by atomic mass is 32.2. The highest BCUT2D eigenvalue weighted by Crippen LogP contribution is 2.33. The molecule has 0 spiro atoms. The Labute approximate surface area is 194 Å². The summed E-state index contributed by atoms with van der Waals surface area (Å²) in [7, 11) is -4.03. The lowest BCUT2D eigenvalue weighted by Crippen LogP contribution is -2.14. The molecule has 4 aromatic carbocycles. The molecule has 2 N–H and O–H groups in total. The number of hydrogen-bond donors (Lipinski definition) is 2. The predicted molar refractivity (Wildman–Crippen MR) is 126 cm³/mol. The summed E-state index contributed by atoms with van der Waals surface area (Å²) >= 11 is -2.30. The fourth-order valence-electron chi connectivity index (χ4n) is 2.92. The molecular formula is C24H19NO6S2. The van der Waals surface area contributed by atoms with Gasteiger partial charge in [-0.2, -0.15) is 0 Å². The van der Waals surface area contributed by atoms with Crippen LogP contribution in [-0.4, -0.2) is 17.2 Å². The number of benzene rings is 4. The maximum atomic E-state index is 13.0. The van der Waals surface area contributed by atoms with Gasteiger partial charge >= 0.3 is 0 Å². The third-order valence-corrected chi connectivity index (χ3v) is 6.52. The molecule has 0 aromatic heterocycles. The van der Waals surface area contributed by atoms with Crippen LogP contribution in [-0.2, 0) is 21.1 Å². The number of nitrogens with one attached hydrogen (secondary N) is 1. The molecule has 0 saturated carbocycles. The molecule has 0 saturated heterocycles. The first kappa shape index (κ1) is 22.5. The molecule has 7 nitrogen and oxygen atoms in total. The first-order chi connectivity index (χ1) is 15.9. The lowest BCUT2D eigenvalue weighted by atomic mass is 10.3. The van der Waals surface area contributed by atoms with Crippen molar-refractivity contribution in [2.75, 3.05) is 4.72 Å². The minimum Gasteiger partial charge on any atom is -0.457 e. The summed E-state index contributed by atoms with van der Waals surface area (Å²) in [5, 5.41) is 0. The van der Waals surface area contributed by atoms with Crippen LogP contribution in [0.15, 0.2) is 113 Å². The number of sulfonamides is 1. The number of hydrogen-bond acceptors (Lipinski definition) is 5. The molecule has 0 amide bonds. The number of ether oxygens (including phenoxy) is 2. The maximum Gasteiger partial charge on any atom is 0.262 e. The predicted octanol–water partition coefficient (Wildman–Crippen LogP) is 5.65. The van der Waals surface area contributed by atoms with Gasteiger partial charge in [0, 0.05) is 0 Å². The molecular weight excluding hydrogens is 462 g/mol. The van der Waals surface area contributed by atoms with E-state index in [4.69, 9.17) is 9.47 Å². The van der Waals surface area contributed by atoms with E-state index in [1.807, 2.05) is 24.3 Å². The molecule has 0 aliphatic rings. The van der Waals surface area contributed by atoms with Crippen LogP contribution in [0.2, 0.25) is 0 Å². The molecule has 0 fully saturated rings. The molecule has 1 atom stereocenters. The monoisotopic (exact) mass is 481 g/mol. The van der Waals surface area contributed by atoms with Crippen molar-refractivity contribution < 1.29 is 26.7 Å². The van der Waals surface area contributed by atoms with E-state index in [0.717, 1.165) is 0 Å². The zero-order chi connectivity index (χ0) is 23.3. The largest absolute Gasteiger partial charge is 0.457 e. The molecule has 0 aliphatic carbocycles. The first-order valence-corrected chi connectivity index (χ1v) is 12.3. The van der Waals surface area contributed by atoms with E-state index in [2.05, 4.69) is 4.72 Å². The summed E-state index contributed by atoms with van der Waals surface area (Å²) in [5.41, 5.74) is 0.0309. The second-order valence-corrected chi connectivity index (χ2v) is 9.47. The summed E-state index contributed by atoms with van der Waals surface area (Å²) in [5.74, 6) is 1.77. The zero-order valence-corrected chi connectivity index (χ0v) is 18.8. The molecule has 4 rings (SSSR count). The van der Waals surface area contributed by atoms with E-state index in [9.17, 15) is 17.2 Å². The highest BCUT2D eigenvalue weighted by Gasteiger charge is 2.19. The molecule has 4 aromatic rings. The van der Waals surface area contributed by atoms with Gasteiger partial charge in [-0.15, -0.1) is 0 Å². The molecule has 0 aliphatic heterocycles. The third-order valence-electron chi connectivity index (χ3n) is 4.48. The average molecular weight is 482 g/mol. The van der Waals surface area contributed by atoms with Gasteiger partial charge < -0.3 is 14.0 Å². The van der Waals surface area contributed by atoms with Gasteiger partial charge in [0.1, 0.15) is 17.2 Å². The van der Waals surface area contributed by atoms with E-state index >= 15 is 0 Å². The van der Waals surface area contributed by atoms with Gasteiger partial charge in [-0.05, 0) is 66.7 Å². The number of anilines is 1. The first-order valence-electron chi connectivity index (χ1n) is 9.74. The molecule has 168 valence electrons. The number of para-hydroxylation sites is 2. The Kier molecular flexibility index (Phi) is 6.74. The van der Waals surface area contributed by atoms with Crippen LogP contribution >= 0.6 is 0 Å². The van der Waals surface area contributed by atoms with Crippen LogP contribution in [0.4, 0.5) is 5.69 Å². The summed E-state index contributed by atoms with van der Waals surface area (Å²) in [4.78, 5) is 0.0174. The Balaban J connectivity index is 1.60. The Morgan fingerprint density at radius 2 is 1.24 bits per heavy atom. The lowest BCUT2D eigenvalue weighted by molar-refractivity contribution is 0.482. The van der Waals surface area contributed by atoms with Crippen LogP contribution in [0, 0.1) is 0 Å². The van der Waals surface area contributed by atoms with Crippen molar-refractivity contribution >= 4 is 26.8 Å². The van der Waals surface area contributed by atoms with Crippen molar-refractivity contribution in [3.8, 4) is 23.0 Å². The van der Waals surface area contributed by atoms with E-state index in [-0.39, 0.29) is 21.2 Å². The minimum absolute atomic E-state index is 0.0101. The quantitative estimate of drug-likeness (QED) is 0.315. The molecule has 0 radical (unpaired) electrons. The van der Waals surface area contributed by atoms with E-state index in [0.29, 0.717) is 17.2 Å². The van der Waals surface area contributed by atoms with Gasteiger partial charge in [0.2, 0.25) is 0 Å². The normalized spacial score (nSPS) is 12.0. The van der Waals surface area contributed by atoms with Crippen molar-refractivity contribution in [2.45, 2.75) is 9.79 Å². The van der Waals surface area contributed by atoms with Crippen molar-refractivity contribution in [1.29, 1.82) is 0 Å². The Morgan fingerprint density at radius 3 is 1.82 bits per heavy atom. The molecule has 1 unspecified atom stereocenters. The van der Waals surface area contributed by atoms with Crippen LogP contribution in [0.1, 0.15) is 0 Å². The van der Waals surface area contributed by atoms with Gasteiger partial charge in [-0.3, -0.25) is 4.72 Å². The summed E-state index contributed by atoms with van der Waals surface area (Å²) in [6.07, 6.45) is 0. The van der Waals surface area contributed by atoms with Crippen molar-refractivity contribution in [3.63, 3.8) is 0 Å². The van der Waals surface area contributed by atoms with Crippen molar-refractivity contribution in [2.24, 2.45) is 0 Å². The van der Waals surface area contributed by atoms with E-state index < -0.39 is 21.1 Å². The third kappa shape index (κ3) is 5.78. The van der Waals surface area contributed by atoms with Gasteiger partial charge in [0.15, 0.2) is 16.8 Å². The van der Waals surface area contributed by atoms with Crippen LogP contribution in [0.25, 0.3) is 0 Å². The summed E-state index contributed by atoms with van der Waals surface area (Å²) < 4.78 is 60.9. The maximum absolute atomic E-state index is 13.0. The fourth-order valence-corrected chi connectivity index (χ4v) is 4.38. The second-order valence-electron chi connectivity index (χ2n) is 6.81. The van der Waals surface area contributed by atoms with E-state index in [1.165, 1.54) is 30.3 Å². The summed E-state index contributed by atoms with van der Waals surface area (Å²) in [6, 6.07) is 27.9. The topological polar surface area (TPSA) is 102 Å². The smallest absolute Gasteiger partial charge is 0.262 e. The SMILES string of the molecule is O=S(O)c1ccc(Oc2ccccc2)c(NS(=O)(=O)c2ccc(Oc3ccccc3)cc2)c1. The van der Waals surface area contributed by atoms with Crippen LogP contribution < -0.4 is 14.2 Å². The van der Waals surface area contributed by atoms with E-state index in [1.54, 1.807) is 48.5 Å². The lowest BCUT2D eigenvalue weighted by Gasteiger charge is -2.15. The van der Waals surface area contributed by atoms with Crippen molar-refractivity contribution in [1.82, 2.24) is 0 Å². The van der Waals surface area contributed by atoms with Gasteiger partial charge in [-0.1, -0.05) is 36.4 Å². The second kappa shape index (κ2) is 9.86. The average Bonchev–Trinajstić information content (AvgIpc) is 2.81. The van der Waals surface area contributed by atoms with Crippen molar-refractivity contribution in [3.05, 3.63) is 103 Å². The summed E-state index contributed by atoms with van der Waals surface area (Å²) in [6.45, 7) is 0. The molecule has 0 heterocycles. The highest BCUT2D eigenvalue weighted by molar-refractivity contribution is 7.92. The molecule has 0 bridgehead atoms. The molecule has 33 heavy (non-hydrogen) atoms. The van der Waals surface area contributed by atoms with Crippen LogP contribution in [0.3, 0.4) is 0 Å². The standard InChI is InChI=1S/C24H19NO6S2/c26-32(27)21-13-16-24(31-19-9-5-2-6-10-19)23(17-21)25-33(28,29)22-14-11-20(12-15-22)30-18-7-3-1-4-8-18/h1-17,25H,(H,26,27). The van der Waals surface area contributed by atoms with Gasteiger partial charge in [-0.25, -0.2) is 12.6 Å². The fraction of sp³-hybridized carbons (Fsp3) is 0. The Bertz CT molecular complexity index is 1360. The van der Waals surface area contributed by atoms with Gasteiger partial charge in [0.05, 0.1) is 15.5 Å². The Morgan fingerprint density at radius 1 is 0.697 bits per heavy atom. The van der Waals surface area contributed by atoms with Crippen LogP contribution in [0.5, 0.6) is 23.0 Å². The molecule has 9 heteroatoms. The van der Waals surface area contributed by atoms with Gasteiger partial charge in [0.25, 0.3) is 10.0 Å². The zero-order valence-electron chi connectivity index (χ0n) is 17.1. The minimum atomic E-state index is -4.03.